The van der Waals surface area contributed by atoms with Crippen molar-refractivity contribution in [3.8, 4) is 22.5 Å². The van der Waals surface area contributed by atoms with Crippen molar-refractivity contribution in [2.75, 3.05) is 0 Å². The van der Waals surface area contributed by atoms with E-state index in [1.54, 1.807) is 0 Å². The first kappa shape index (κ1) is 16.9. The summed E-state index contributed by atoms with van der Waals surface area (Å²) in [5.41, 5.74) is 5.09. The maximum atomic E-state index is 5.04. The van der Waals surface area contributed by atoms with Crippen LogP contribution in [-0.2, 0) is 0 Å². The molecular formula is C28H18N2. The molecule has 0 N–H and O–H groups in total. The van der Waals surface area contributed by atoms with Gasteiger partial charge in [-0.2, -0.15) is 0 Å². The fourth-order valence-corrected chi connectivity index (χ4v) is 4.26. The van der Waals surface area contributed by atoms with Crippen LogP contribution >= 0.6 is 0 Å². The number of rotatable bonds is 2. The average Bonchev–Trinajstić information content (AvgIpc) is 2.84. The molecule has 30 heavy (non-hydrogen) atoms. The van der Waals surface area contributed by atoms with Gasteiger partial charge in [0.15, 0.2) is 0 Å². The first-order chi connectivity index (χ1) is 14.9. The largest absolute Gasteiger partial charge is 0.256 e. The minimum absolute atomic E-state index is 0.967. The number of hydrogen-bond acceptors (Lipinski definition) is 2. The maximum absolute atomic E-state index is 5.04. The fourth-order valence-electron chi connectivity index (χ4n) is 4.26. The van der Waals surface area contributed by atoms with Gasteiger partial charge in [0.1, 0.15) is 0 Å². The molecule has 0 bridgehead atoms. The second-order valence-corrected chi connectivity index (χ2v) is 7.48. The van der Waals surface area contributed by atoms with Gasteiger partial charge in [0, 0.05) is 33.5 Å². The summed E-state index contributed by atoms with van der Waals surface area (Å²) in [5, 5.41) is 6.08. The Hall–Kier alpha value is -4.04. The normalized spacial score (nSPS) is 11.3. The zero-order chi connectivity index (χ0) is 19.9. The lowest BCUT2D eigenvalue weighted by Crippen LogP contribution is -1.92. The summed E-state index contributed by atoms with van der Waals surface area (Å²) >= 11 is 0. The predicted molar refractivity (Wildman–Crippen MR) is 125 cm³/mol. The van der Waals surface area contributed by atoms with Crippen molar-refractivity contribution in [2.24, 2.45) is 0 Å². The van der Waals surface area contributed by atoms with Gasteiger partial charge in [0.2, 0.25) is 0 Å². The van der Waals surface area contributed by atoms with Gasteiger partial charge in [0.05, 0.1) is 16.9 Å². The highest BCUT2D eigenvalue weighted by Crippen LogP contribution is 2.36. The lowest BCUT2D eigenvalue weighted by molar-refractivity contribution is 1.31. The van der Waals surface area contributed by atoms with E-state index in [0.717, 1.165) is 33.4 Å². The Labute approximate surface area is 174 Å². The summed E-state index contributed by atoms with van der Waals surface area (Å²) in [5.74, 6) is 0. The number of pyridine rings is 2. The van der Waals surface area contributed by atoms with E-state index in [0.29, 0.717) is 0 Å². The summed E-state index contributed by atoms with van der Waals surface area (Å²) in [4.78, 5) is 9.78. The molecule has 0 amide bonds. The minimum Gasteiger partial charge on any atom is -0.256 e. The predicted octanol–water partition coefficient (Wildman–Crippen LogP) is 7.27. The molecule has 0 atom stereocenters. The van der Waals surface area contributed by atoms with E-state index < -0.39 is 0 Å². The molecule has 0 radical (unpaired) electrons. The molecule has 0 saturated carbocycles. The van der Waals surface area contributed by atoms with Gasteiger partial charge in [-0.05, 0) is 29.0 Å². The first-order valence-corrected chi connectivity index (χ1v) is 10.1. The van der Waals surface area contributed by atoms with Crippen LogP contribution in [0.4, 0.5) is 0 Å². The highest BCUT2D eigenvalue weighted by Gasteiger charge is 2.13. The zero-order valence-electron chi connectivity index (χ0n) is 16.3. The van der Waals surface area contributed by atoms with Crippen LogP contribution in [0.15, 0.2) is 109 Å². The van der Waals surface area contributed by atoms with Crippen molar-refractivity contribution >= 4 is 32.4 Å². The molecule has 0 aliphatic carbocycles. The molecule has 0 unspecified atom stereocenters. The molecule has 4 aromatic carbocycles. The molecule has 6 aromatic rings. The Morgan fingerprint density at radius 2 is 1.27 bits per heavy atom. The Bertz CT molecular complexity index is 1500. The highest BCUT2D eigenvalue weighted by atomic mass is 14.7. The van der Waals surface area contributed by atoms with Crippen LogP contribution in [0.25, 0.3) is 55.0 Å². The van der Waals surface area contributed by atoms with E-state index in [2.05, 4.69) is 78.9 Å². The Morgan fingerprint density at radius 3 is 2.10 bits per heavy atom. The van der Waals surface area contributed by atoms with Crippen molar-refractivity contribution in [1.82, 2.24) is 9.97 Å². The minimum atomic E-state index is 0.967. The van der Waals surface area contributed by atoms with E-state index in [9.17, 15) is 0 Å². The van der Waals surface area contributed by atoms with Crippen LogP contribution < -0.4 is 0 Å². The second kappa shape index (κ2) is 6.78. The summed E-state index contributed by atoms with van der Waals surface area (Å²) < 4.78 is 0. The quantitative estimate of drug-likeness (QED) is 0.294. The monoisotopic (exact) mass is 382 g/mol. The fraction of sp³-hybridized carbons (Fsp3) is 0. The molecule has 2 nitrogen and oxygen atoms in total. The van der Waals surface area contributed by atoms with Gasteiger partial charge in [0.25, 0.3) is 0 Å². The third-order valence-electron chi connectivity index (χ3n) is 5.70. The number of benzene rings is 4. The molecule has 0 saturated heterocycles. The molecule has 0 spiro atoms. The molecular weight excluding hydrogens is 364 g/mol. The van der Waals surface area contributed by atoms with Crippen molar-refractivity contribution in [1.29, 1.82) is 0 Å². The van der Waals surface area contributed by atoms with Gasteiger partial charge >= 0.3 is 0 Å². The molecule has 0 aliphatic heterocycles. The SMILES string of the molecule is c1ccc(-c2ccc(-c3nc4ccccc4c4c3ccc3ccccc34)cn2)cc1. The number of para-hydroxylation sites is 1. The number of hydrogen-bond donors (Lipinski definition) is 0. The van der Waals surface area contributed by atoms with Gasteiger partial charge < -0.3 is 0 Å². The molecule has 0 aliphatic rings. The zero-order valence-corrected chi connectivity index (χ0v) is 16.3. The molecule has 2 heterocycles. The standard InChI is InChI=1S/C28H18N2/c1-2-9-20(10-3-1)25-17-15-21(18-29-25)28-24-16-14-19-8-4-5-11-22(19)27(24)23-12-6-7-13-26(23)30-28/h1-18H. The number of nitrogens with zero attached hydrogens (tertiary/aromatic N) is 2. The summed E-state index contributed by atoms with van der Waals surface area (Å²) in [6.07, 6.45) is 1.94. The van der Waals surface area contributed by atoms with Crippen molar-refractivity contribution in [3.63, 3.8) is 0 Å². The third-order valence-corrected chi connectivity index (χ3v) is 5.70. The third kappa shape index (κ3) is 2.66. The van der Waals surface area contributed by atoms with Gasteiger partial charge in [-0.3, -0.25) is 4.98 Å². The van der Waals surface area contributed by atoms with Crippen LogP contribution in [0.2, 0.25) is 0 Å². The topological polar surface area (TPSA) is 25.8 Å². The van der Waals surface area contributed by atoms with Crippen LogP contribution in [0.5, 0.6) is 0 Å². The summed E-state index contributed by atoms with van der Waals surface area (Å²) in [6.45, 7) is 0. The van der Waals surface area contributed by atoms with Crippen molar-refractivity contribution < 1.29 is 0 Å². The summed E-state index contributed by atoms with van der Waals surface area (Å²) in [7, 11) is 0. The first-order valence-electron chi connectivity index (χ1n) is 10.1. The second-order valence-electron chi connectivity index (χ2n) is 7.48. The Kier molecular flexibility index (Phi) is 3.82. The Balaban J connectivity index is 1.64. The van der Waals surface area contributed by atoms with Gasteiger partial charge in [-0.15, -0.1) is 0 Å². The van der Waals surface area contributed by atoms with Crippen LogP contribution in [0.3, 0.4) is 0 Å². The molecule has 140 valence electrons. The van der Waals surface area contributed by atoms with Crippen LogP contribution in [0, 0.1) is 0 Å². The van der Waals surface area contributed by atoms with Gasteiger partial charge in [-0.1, -0.05) is 84.9 Å². The van der Waals surface area contributed by atoms with Crippen molar-refractivity contribution in [2.45, 2.75) is 0 Å². The average molecular weight is 382 g/mol. The van der Waals surface area contributed by atoms with Gasteiger partial charge in [-0.25, -0.2) is 4.98 Å². The number of aromatic nitrogens is 2. The van der Waals surface area contributed by atoms with E-state index in [1.807, 2.05) is 30.5 Å². The summed E-state index contributed by atoms with van der Waals surface area (Å²) in [6, 6.07) is 35.8. The lowest BCUT2D eigenvalue weighted by Gasteiger charge is -2.12. The molecule has 0 fully saturated rings. The highest BCUT2D eigenvalue weighted by molar-refractivity contribution is 6.22. The Morgan fingerprint density at radius 1 is 0.500 bits per heavy atom. The van der Waals surface area contributed by atoms with E-state index in [1.165, 1.54) is 21.5 Å². The number of fused-ring (bicyclic) bond motifs is 5. The maximum Gasteiger partial charge on any atom is 0.0803 e. The molecule has 6 rings (SSSR count). The smallest absolute Gasteiger partial charge is 0.0803 e. The van der Waals surface area contributed by atoms with Crippen LogP contribution in [0.1, 0.15) is 0 Å². The van der Waals surface area contributed by atoms with Crippen LogP contribution in [-0.4, -0.2) is 9.97 Å². The van der Waals surface area contributed by atoms with E-state index in [4.69, 9.17) is 9.97 Å². The lowest BCUT2D eigenvalue weighted by atomic mass is 9.95. The molecule has 2 aromatic heterocycles. The molecule has 2 heteroatoms. The van der Waals surface area contributed by atoms with E-state index in [-0.39, 0.29) is 0 Å². The van der Waals surface area contributed by atoms with Crippen molar-refractivity contribution in [3.05, 3.63) is 109 Å². The van der Waals surface area contributed by atoms with E-state index >= 15 is 0 Å².